The van der Waals surface area contributed by atoms with Crippen molar-refractivity contribution in [2.75, 3.05) is 21.2 Å². The number of esters is 3. The van der Waals surface area contributed by atoms with Crippen LogP contribution < -0.4 is 0 Å². The van der Waals surface area contributed by atoms with Crippen LogP contribution >= 0.6 is 0 Å². The van der Waals surface area contributed by atoms with Crippen molar-refractivity contribution in [2.24, 2.45) is 17.8 Å². The van der Waals surface area contributed by atoms with Crippen LogP contribution in [-0.2, 0) is 61.9 Å². The number of rotatable bonds is 12. The molecule has 0 saturated carbocycles. The molecule has 16 heteroatoms. The highest BCUT2D eigenvalue weighted by molar-refractivity contribution is 5.91. The van der Waals surface area contributed by atoms with E-state index in [2.05, 4.69) is 0 Å². The molecule has 3 heterocycles. The fourth-order valence-corrected chi connectivity index (χ4v) is 8.21. The van der Waals surface area contributed by atoms with Crippen molar-refractivity contribution in [3.63, 3.8) is 0 Å². The molecule has 2 saturated heterocycles. The summed E-state index contributed by atoms with van der Waals surface area (Å²) >= 11 is 0. The second-order valence-corrected chi connectivity index (χ2v) is 17.1. The first-order chi connectivity index (χ1) is 27.2. The van der Waals surface area contributed by atoms with Gasteiger partial charge < -0.3 is 57.8 Å². The molecule has 332 valence electrons. The molecule has 0 bridgehead atoms. The summed E-state index contributed by atoms with van der Waals surface area (Å²) in [6.45, 7) is 13.5. The maximum absolute atomic E-state index is 13.3. The van der Waals surface area contributed by atoms with Crippen LogP contribution in [0, 0.1) is 17.8 Å². The fraction of sp³-hybridized carbons (Fsp3) is 0.833. The molecule has 0 amide bonds. The number of ketones is 1. The van der Waals surface area contributed by atoms with Gasteiger partial charge in [-0.2, -0.15) is 0 Å². The first-order valence-corrected chi connectivity index (χ1v) is 20.6. The molecule has 0 aromatic rings. The maximum Gasteiger partial charge on any atom is 0.309 e. The number of ether oxygens (including phenoxy) is 8. The number of carbonyl (C=O) groups is 5. The molecular formula is C42H69NO15. The van der Waals surface area contributed by atoms with Crippen molar-refractivity contribution in [3.05, 3.63) is 12.2 Å². The largest absolute Gasteiger partial charge is 0.463 e. The van der Waals surface area contributed by atoms with Crippen LogP contribution in [0.5, 0.6) is 0 Å². The first kappa shape index (κ1) is 49.5. The number of aldehydes is 1. The molecule has 3 aliphatic heterocycles. The van der Waals surface area contributed by atoms with Crippen LogP contribution in [0.15, 0.2) is 12.2 Å². The molecule has 16 nitrogen and oxygen atoms in total. The van der Waals surface area contributed by atoms with E-state index in [-0.39, 0.29) is 37.4 Å². The van der Waals surface area contributed by atoms with Crippen molar-refractivity contribution in [3.8, 4) is 0 Å². The Labute approximate surface area is 343 Å². The summed E-state index contributed by atoms with van der Waals surface area (Å²) in [6, 6.07) is -0.790. The summed E-state index contributed by atoms with van der Waals surface area (Å²) in [5.41, 5.74) is -1.50. The highest BCUT2D eigenvalue weighted by Crippen LogP contribution is 2.37. The molecule has 2 fully saturated rings. The number of hydrogen-bond acceptors (Lipinski definition) is 16. The zero-order valence-electron chi connectivity index (χ0n) is 36.2. The van der Waals surface area contributed by atoms with Crippen molar-refractivity contribution in [1.29, 1.82) is 0 Å². The van der Waals surface area contributed by atoms with Crippen molar-refractivity contribution in [2.45, 2.75) is 186 Å². The molecule has 58 heavy (non-hydrogen) atoms. The fourth-order valence-electron chi connectivity index (χ4n) is 8.21. The Hall–Kier alpha value is -2.83. The van der Waals surface area contributed by atoms with Gasteiger partial charge in [0, 0.05) is 39.2 Å². The highest BCUT2D eigenvalue weighted by atomic mass is 16.7. The lowest BCUT2D eigenvalue weighted by Crippen LogP contribution is -2.66. The van der Waals surface area contributed by atoms with E-state index >= 15 is 0 Å². The predicted molar refractivity (Wildman–Crippen MR) is 209 cm³/mol. The van der Waals surface area contributed by atoms with Crippen molar-refractivity contribution >= 4 is 30.0 Å². The summed E-state index contributed by atoms with van der Waals surface area (Å²) in [4.78, 5) is 65.5. The van der Waals surface area contributed by atoms with Gasteiger partial charge in [0.25, 0.3) is 0 Å². The second-order valence-electron chi connectivity index (χ2n) is 17.1. The van der Waals surface area contributed by atoms with Crippen LogP contribution in [-0.4, -0.2) is 145 Å². The third kappa shape index (κ3) is 14.1. The molecule has 3 aliphatic rings. The third-order valence-electron chi connectivity index (χ3n) is 11.0. The number of hydrogen-bond donors (Lipinski definition) is 2. The molecule has 0 aromatic carbocycles. The van der Waals surface area contributed by atoms with Gasteiger partial charge in [-0.15, -0.1) is 0 Å². The Balaban J connectivity index is 1.97. The minimum absolute atomic E-state index is 0.0494. The van der Waals surface area contributed by atoms with Gasteiger partial charge >= 0.3 is 17.9 Å². The average molecular weight is 828 g/mol. The molecule has 2 N–H and O–H groups in total. The van der Waals surface area contributed by atoms with E-state index in [1.165, 1.54) is 20.1 Å². The van der Waals surface area contributed by atoms with Crippen LogP contribution in [0.4, 0.5) is 0 Å². The van der Waals surface area contributed by atoms with E-state index in [9.17, 15) is 34.2 Å². The standard InChI is InChI=1S/C42H69NO15/c1-23(2)19-32(47)56-40-27(6)53-34(22-42(40,8)50)57-37-26(5)54-41(36(49)35(37)43(9)10)58-38-29(17-18-44)20-24(3)30(46)16-14-12-13-15-25(4)52-33(48)21-31(39(38)51-11)55-28(7)45/h14,16,18,23-27,29,31,34-41,49-50H,12-13,15,17,19-22H2,1-11H3/b16-14+/t24-,25-,26-,27+,29+,31-,34+,35-,36-,37+,38+,39+,40+,41+,42-/m1/s1. The van der Waals surface area contributed by atoms with E-state index < -0.39 is 115 Å². The summed E-state index contributed by atoms with van der Waals surface area (Å²) in [5, 5.41) is 23.5. The van der Waals surface area contributed by atoms with Gasteiger partial charge in [-0.1, -0.05) is 26.8 Å². The number of likely N-dealkylation sites (N-methyl/N-ethyl adjacent to an activating group) is 1. The summed E-state index contributed by atoms with van der Waals surface area (Å²) < 4.78 is 48.5. The van der Waals surface area contributed by atoms with Gasteiger partial charge in [0.2, 0.25) is 0 Å². The van der Waals surface area contributed by atoms with Crippen LogP contribution in [0.25, 0.3) is 0 Å². The van der Waals surface area contributed by atoms with Crippen molar-refractivity contribution < 1.29 is 72.1 Å². The monoisotopic (exact) mass is 827 g/mol. The highest BCUT2D eigenvalue weighted by Gasteiger charge is 2.53. The average Bonchev–Trinajstić information content (AvgIpc) is 3.09. The summed E-state index contributed by atoms with van der Waals surface area (Å²) in [5.74, 6) is -3.16. The summed E-state index contributed by atoms with van der Waals surface area (Å²) in [7, 11) is 4.84. The lowest BCUT2D eigenvalue weighted by molar-refractivity contribution is -0.344. The second kappa shape index (κ2) is 22.7. The topological polar surface area (TPSA) is 203 Å². The van der Waals surface area contributed by atoms with Gasteiger partial charge in [-0.3, -0.25) is 19.2 Å². The Morgan fingerprint density at radius 1 is 1.03 bits per heavy atom. The van der Waals surface area contributed by atoms with Crippen LogP contribution in [0.1, 0.15) is 107 Å². The minimum Gasteiger partial charge on any atom is -0.463 e. The van der Waals surface area contributed by atoms with Gasteiger partial charge in [-0.05, 0) is 85.4 Å². The molecule has 0 aromatic heterocycles. The lowest BCUT2D eigenvalue weighted by Gasteiger charge is -2.50. The number of methoxy groups -OCH3 is 1. The van der Waals surface area contributed by atoms with E-state index in [1.54, 1.807) is 59.7 Å². The van der Waals surface area contributed by atoms with Crippen LogP contribution in [0.3, 0.4) is 0 Å². The molecule has 3 rings (SSSR count). The van der Waals surface area contributed by atoms with Crippen molar-refractivity contribution in [1.82, 2.24) is 4.90 Å². The Bertz CT molecular complexity index is 1390. The van der Waals surface area contributed by atoms with Gasteiger partial charge in [0.15, 0.2) is 24.5 Å². The molecule has 15 atom stereocenters. The normalized spacial score (nSPS) is 39.2. The molecule has 0 radical (unpaired) electrons. The lowest BCUT2D eigenvalue weighted by atomic mass is 9.83. The zero-order valence-corrected chi connectivity index (χ0v) is 36.2. The molecule has 0 spiro atoms. The number of aliphatic hydroxyl groups excluding tert-OH is 1. The van der Waals surface area contributed by atoms with E-state index in [1.807, 2.05) is 13.8 Å². The number of cyclic esters (lactones) is 1. The quantitative estimate of drug-likeness (QED) is 0.164. The molecular weight excluding hydrogens is 758 g/mol. The number of carbonyl (C=O) groups excluding carboxylic acids is 5. The van der Waals surface area contributed by atoms with Crippen LogP contribution in [0.2, 0.25) is 0 Å². The number of aliphatic hydroxyl groups is 2. The first-order valence-electron chi connectivity index (χ1n) is 20.6. The molecule has 0 unspecified atom stereocenters. The van der Waals surface area contributed by atoms with Gasteiger partial charge in [0.05, 0.1) is 36.9 Å². The molecule has 0 aliphatic carbocycles. The third-order valence-corrected chi connectivity index (χ3v) is 11.0. The predicted octanol–water partition coefficient (Wildman–Crippen LogP) is 3.45. The SMILES string of the molecule is CO[C@@H]1[C@@H](O[C@@H]2O[C@H](C)[C@H](O[C@H]3C[C@@](C)(O)[C@@H](OC(=O)CC(C)C)[C@H](C)O3)[C@H](N(C)C)[C@H]2O)[C@@H](CC=O)C[C@@H](C)C(=O)/C=C/CCC[C@@H](C)OC(=O)C[C@H]1OC(C)=O. The van der Waals surface area contributed by atoms with Gasteiger partial charge in [-0.25, -0.2) is 0 Å². The Morgan fingerprint density at radius 3 is 2.31 bits per heavy atom. The number of nitrogens with zero attached hydrogens (tertiary/aromatic N) is 1. The van der Waals surface area contributed by atoms with E-state index in [0.29, 0.717) is 25.5 Å². The van der Waals surface area contributed by atoms with Gasteiger partial charge in [0.1, 0.15) is 36.3 Å². The number of allylic oxidation sites excluding steroid dienone is 2. The Morgan fingerprint density at radius 2 is 1.72 bits per heavy atom. The van der Waals surface area contributed by atoms with E-state index in [0.717, 1.165) is 0 Å². The minimum atomic E-state index is -1.50. The summed E-state index contributed by atoms with van der Waals surface area (Å²) in [6.07, 6.45) is -5.50. The Kier molecular flexibility index (Phi) is 19.4. The smallest absolute Gasteiger partial charge is 0.309 e. The maximum atomic E-state index is 13.3. The zero-order chi connectivity index (χ0) is 43.5. The van der Waals surface area contributed by atoms with E-state index in [4.69, 9.17) is 37.9 Å².